The predicted octanol–water partition coefficient (Wildman–Crippen LogP) is 10.4. The van der Waals surface area contributed by atoms with Crippen LogP contribution in [0.4, 0.5) is 0 Å². The summed E-state index contributed by atoms with van der Waals surface area (Å²) in [5.74, 6) is -1.74. The number of likely N-dealkylation sites (N-methyl/N-ethyl adjacent to an activating group) is 1. The molecule has 2 unspecified atom stereocenters. The summed E-state index contributed by atoms with van der Waals surface area (Å²) in [5, 5.41) is 11.6. The first-order valence-corrected chi connectivity index (χ1v) is 21.9. The third-order valence-corrected chi connectivity index (χ3v) is 9.84. The van der Waals surface area contributed by atoms with Crippen molar-refractivity contribution >= 4 is 17.9 Å². The molecule has 0 aliphatic carbocycles. The quantitative estimate of drug-likeness (QED) is 0.0267. The van der Waals surface area contributed by atoms with Gasteiger partial charge in [0.2, 0.25) is 0 Å². The van der Waals surface area contributed by atoms with Crippen LogP contribution in [0, 0.1) is 0 Å². The zero-order chi connectivity index (χ0) is 39.3. The van der Waals surface area contributed by atoms with E-state index in [0.29, 0.717) is 12.8 Å². The third-order valence-electron chi connectivity index (χ3n) is 9.84. The maximum atomic E-state index is 12.7. The second-order valence-corrected chi connectivity index (χ2v) is 15.9. The molecule has 0 saturated heterocycles. The number of esters is 2. The average Bonchev–Trinajstić information content (AvgIpc) is 3.11. The van der Waals surface area contributed by atoms with Crippen LogP contribution in [0.5, 0.6) is 0 Å². The molecule has 2 atom stereocenters. The number of carboxylic acid groups (broad SMARTS) is 1. The van der Waals surface area contributed by atoms with Crippen LogP contribution in [-0.4, -0.2) is 75.5 Å². The summed E-state index contributed by atoms with van der Waals surface area (Å²) in [6, 6.07) is -0.723. The van der Waals surface area contributed by atoms with E-state index in [-0.39, 0.29) is 42.7 Å². The van der Waals surface area contributed by atoms with Crippen molar-refractivity contribution in [2.75, 3.05) is 41.0 Å². The molecule has 0 spiro atoms. The highest BCUT2D eigenvalue weighted by molar-refractivity contribution is 5.70. The monoisotopic (exact) mass is 750 g/mol. The molecule has 0 N–H and O–H groups in total. The molecular formula is C45H83NO7. The number of hydrogen-bond donors (Lipinski definition) is 0. The van der Waals surface area contributed by atoms with Gasteiger partial charge < -0.3 is 28.6 Å². The summed E-state index contributed by atoms with van der Waals surface area (Å²) in [7, 11) is 5.40. The van der Waals surface area contributed by atoms with Gasteiger partial charge in [-0.2, -0.15) is 0 Å². The molecule has 0 amide bonds. The average molecular weight is 750 g/mol. The van der Waals surface area contributed by atoms with Crippen molar-refractivity contribution in [3.05, 3.63) is 24.3 Å². The van der Waals surface area contributed by atoms with Gasteiger partial charge in [0.1, 0.15) is 12.6 Å². The lowest BCUT2D eigenvalue weighted by molar-refractivity contribution is -0.889. The molecule has 0 radical (unpaired) electrons. The lowest BCUT2D eigenvalue weighted by Gasteiger charge is -2.34. The van der Waals surface area contributed by atoms with Gasteiger partial charge in [-0.3, -0.25) is 9.59 Å². The minimum Gasteiger partial charge on any atom is -0.544 e. The summed E-state index contributed by atoms with van der Waals surface area (Å²) in [4.78, 5) is 36.8. The van der Waals surface area contributed by atoms with Crippen LogP contribution in [0.3, 0.4) is 0 Å². The van der Waals surface area contributed by atoms with Gasteiger partial charge in [-0.15, -0.1) is 0 Å². The summed E-state index contributed by atoms with van der Waals surface area (Å²) < 4.78 is 17.1. The van der Waals surface area contributed by atoms with Gasteiger partial charge in [0, 0.05) is 19.3 Å². The van der Waals surface area contributed by atoms with Crippen LogP contribution < -0.4 is 5.11 Å². The lowest BCUT2D eigenvalue weighted by atomic mass is 10.1. The van der Waals surface area contributed by atoms with E-state index in [1.165, 1.54) is 109 Å². The first-order valence-electron chi connectivity index (χ1n) is 21.9. The molecule has 0 aromatic rings. The highest BCUT2D eigenvalue weighted by atomic mass is 16.6. The van der Waals surface area contributed by atoms with Crippen LogP contribution in [0.25, 0.3) is 0 Å². The Morgan fingerprint density at radius 2 is 1.00 bits per heavy atom. The molecular weight excluding hydrogens is 666 g/mol. The highest BCUT2D eigenvalue weighted by Gasteiger charge is 2.25. The topological polar surface area (TPSA) is 102 Å². The van der Waals surface area contributed by atoms with Crippen LogP contribution in [0.2, 0.25) is 0 Å². The molecule has 0 saturated carbocycles. The number of carboxylic acids is 1. The largest absolute Gasteiger partial charge is 0.544 e. The molecule has 8 nitrogen and oxygen atoms in total. The number of quaternary nitrogens is 1. The van der Waals surface area contributed by atoms with Crippen molar-refractivity contribution < 1.29 is 38.2 Å². The molecule has 0 aromatic carbocycles. The molecule has 0 aromatic heterocycles. The van der Waals surface area contributed by atoms with Crippen molar-refractivity contribution in [1.29, 1.82) is 0 Å². The van der Waals surface area contributed by atoms with E-state index in [2.05, 4.69) is 38.2 Å². The van der Waals surface area contributed by atoms with Crippen LogP contribution >= 0.6 is 0 Å². The third kappa shape index (κ3) is 35.3. The maximum Gasteiger partial charge on any atom is 0.306 e. The van der Waals surface area contributed by atoms with Crippen molar-refractivity contribution in [2.45, 2.75) is 206 Å². The molecule has 8 heteroatoms. The smallest absolute Gasteiger partial charge is 0.306 e. The standard InChI is InChI=1S/C45H83NO7/c1-6-8-10-12-14-16-18-19-20-21-22-23-24-26-28-30-32-34-36-44(48)53-41(39-51-38-37-42(45(49)50)46(3,4)5)40-52-43(47)35-33-31-29-27-25-17-15-13-11-9-7-2/h16,18,20-21,41-42H,6-15,17,19,22-40H2,1-5H3/b18-16-,21-20-. The Bertz CT molecular complexity index is 926. The number of aliphatic carboxylic acids is 1. The zero-order valence-corrected chi connectivity index (χ0v) is 35.2. The molecule has 0 aliphatic heterocycles. The number of allylic oxidation sites excluding steroid dienone is 4. The first kappa shape index (κ1) is 50.8. The van der Waals surface area contributed by atoms with Gasteiger partial charge in [-0.05, 0) is 44.9 Å². The van der Waals surface area contributed by atoms with Gasteiger partial charge >= 0.3 is 11.9 Å². The zero-order valence-electron chi connectivity index (χ0n) is 35.2. The summed E-state index contributed by atoms with van der Waals surface area (Å²) in [6.45, 7) is 4.64. The number of hydrogen-bond acceptors (Lipinski definition) is 7. The fraction of sp³-hybridized carbons (Fsp3) is 0.844. The Balaban J connectivity index is 4.33. The molecule has 310 valence electrons. The number of unbranched alkanes of at least 4 members (excludes halogenated alkanes) is 21. The molecule has 0 fully saturated rings. The Labute approximate surface area is 326 Å². The Morgan fingerprint density at radius 1 is 0.566 bits per heavy atom. The number of ether oxygens (including phenoxy) is 3. The SMILES string of the molecule is CCCCCC/C=C\C/C=C\CCCCCCCCCC(=O)OC(COCCC(C(=O)[O-])[N+](C)(C)C)COC(=O)CCCCCCCCCCCCC. The van der Waals surface area contributed by atoms with Gasteiger partial charge in [0.05, 0.1) is 40.3 Å². The summed E-state index contributed by atoms with van der Waals surface area (Å²) >= 11 is 0. The van der Waals surface area contributed by atoms with Gasteiger partial charge in [-0.25, -0.2) is 0 Å². The van der Waals surface area contributed by atoms with Crippen LogP contribution in [0.1, 0.15) is 194 Å². The van der Waals surface area contributed by atoms with Crippen LogP contribution in [-0.2, 0) is 28.6 Å². The van der Waals surface area contributed by atoms with Crippen LogP contribution in [0.15, 0.2) is 24.3 Å². The number of nitrogens with zero attached hydrogens (tertiary/aromatic N) is 1. The molecule has 0 rings (SSSR count). The van der Waals surface area contributed by atoms with Gasteiger partial charge in [-0.1, -0.05) is 154 Å². The molecule has 0 bridgehead atoms. The highest BCUT2D eigenvalue weighted by Crippen LogP contribution is 2.14. The summed E-state index contributed by atoms with van der Waals surface area (Å²) in [5.41, 5.74) is 0. The second-order valence-electron chi connectivity index (χ2n) is 15.9. The van der Waals surface area contributed by atoms with E-state index in [9.17, 15) is 19.5 Å². The fourth-order valence-corrected chi connectivity index (χ4v) is 6.39. The van der Waals surface area contributed by atoms with E-state index in [1.54, 1.807) is 21.1 Å². The van der Waals surface area contributed by atoms with Gasteiger partial charge in [0.25, 0.3) is 0 Å². The van der Waals surface area contributed by atoms with E-state index in [4.69, 9.17) is 14.2 Å². The molecule has 53 heavy (non-hydrogen) atoms. The normalized spacial score (nSPS) is 13.2. The number of rotatable bonds is 39. The maximum absolute atomic E-state index is 12.7. The number of carbonyl (C=O) groups excluding carboxylic acids is 3. The molecule has 0 aliphatic rings. The number of carbonyl (C=O) groups is 3. The van der Waals surface area contributed by atoms with Crippen molar-refractivity contribution in [3.63, 3.8) is 0 Å². The van der Waals surface area contributed by atoms with Crippen molar-refractivity contribution in [2.24, 2.45) is 0 Å². The minimum atomic E-state index is -1.13. The first-order chi connectivity index (χ1) is 25.6. The van der Waals surface area contributed by atoms with Gasteiger partial charge in [0.15, 0.2) is 6.10 Å². The van der Waals surface area contributed by atoms with E-state index in [1.807, 2.05) is 0 Å². The summed E-state index contributed by atoms with van der Waals surface area (Å²) in [6.07, 6.45) is 39.1. The minimum absolute atomic E-state index is 0.0411. The van der Waals surface area contributed by atoms with Crippen molar-refractivity contribution in [3.8, 4) is 0 Å². The molecule has 0 heterocycles. The Kier molecular flexibility index (Phi) is 35.2. The Hall–Kier alpha value is -2.19. The fourth-order valence-electron chi connectivity index (χ4n) is 6.39. The predicted molar refractivity (Wildman–Crippen MR) is 217 cm³/mol. The Morgan fingerprint density at radius 3 is 1.47 bits per heavy atom. The van der Waals surface area contributed by atoms with E-state index in [0.717, 1.165) is 51.4 Å². The van der Waals surface area contributed by atoms with E-state index >= 15 is 0 Å². The van der Waals surface area contributed by atoms with Crippen molar-refractivity contribution in [1.82, 2.24) is 0 Å². The second kappa shape index (κ2) is 36.8. The van der Waals surface area contributed by atoms with E-state index < -0.39 is 18.1 Å². The lowest BCUT2D eigenvalue weighted by Crippen LogP contribution is -2.55.